The van der Waals surface area contributed by atoms with Gasteiger partial charge < -0.3 is 10.6 Å². The van der Waals surface area contributed by atoms with Crippen molar-refractivity contribution in [1.82, 2.24) is 26.0 Å². The van der Waals surface area contributed by atoms with Crippen LogP contribution in [0.15, 0.2) is 23.6 Å². The van der Waals surface area contributed by atoms with Crippen molar-refractivity contribution in [3.8, 4) is 0 Å². The van der Waals surface area contributed by atoms with Crippen molar-refractivity contribution in [2.75, 3.05) is 20.1 Å². The second-order valence-corrected chi connectivity index (χ2v) is 3.24. The molecule has 0 unspecified atom stereocenters. The van der Waals surface area contributed by atoms with Gasteiger partial charge in [-0.15, -0.1) is 0 Å². The number of hydrazine groups is 1. The fourth-order valence-corrected chi connectivity index (χ4v) is 1.16. The lowest BCUT2D eigenvalue weighted by Gasteiger charge is -2.07. The van der Waals surface area contributed by atoms with Crippen molar-refractivity contribution in [3.05, 3.63) is 34.4 Å². The van der Waals surface area contributed by atoms with Gasteiger partial charge in [0.25, 0.3) is 5.96 Å². The van der Waals surface area contributed by atoms with E-state index in [2.05, 4.69) is 25.6 Å². The number of aromatic nitrogens is 2. The van der Waals surface area contributed by atoms with Crippen molar-refractivity contribution >= 4 is 5.96 Å². The van der Waals surface area contributed by atoms with Crippen LogP contribution in [0.2, 0.25) is 0 Å². The molecule has 1 aromatic rings. The first-order valence-electron chi connectivity index (χ1n) is 5.29. The molecule has 0 aliphatic carbocycles. The van der Waals surface area contributed by atoms with Crippen LogP contribution in [0.4, 0.5) is 0 Å². The molecule has 18 heavy (non-hydrogen) atoms. The molecule has 0 aliphatic rings. The Morgan fingerprint density at radius 1 is 1.50 bits per heavy atom. The average molecular weight is 253 g/mol. The first kappa shape index (κ1) is 13.8. The van der Waals surface area contributed by atoms with Crippen molar-refractivity contribution in [2.24, 2.45) is 4.99 Å². The molecule has 9 nitrogen and oxygen atoms in total. The minimum absolute atomic E-state index is 0.126. The quantitative estimate of drug-likeness (QED) is 0.194. The Labute approximate surface area is 104 Å². The third-order valence-corrected chi connectivity index (χ3v) is 1.94. The molecular formula is C9H15N7O2. The van der Waals surface area contributed by atoms with E-state index in [0.717, 1.165) is 5.69 Å². The molecule has 0 radical (unpaired) electrons. The summed E-state index contributed by atoms with van der Waals surface area (Å²) in [5.41, 5.74) is 2.79. The van der Waals surface area contributed by atoms with Crippen LogP contribution in [0.5, 0.6) is 0 Å². The highest BCUT2D eigenvalue weighted by atomic mass is 16.7. The predicted molar refractivity (Wildman–Crippen MR) is 65.2 cm³/mol. The molecule has 0 spiro atoms. The SMILES string of the molecule is CN=C(NCCNCc1cnccn1)N[N+](=O)[O-]. The summed E-state index contributed by atoms with van der Waals surface area (Å²) in [5, 5.41) is 15.4. The highest BCUT2D eigenvalue weighted by molar-refractivity contribution is 5.78. The number of aliphatic imine (C=N–C) groups is 1. The molecule has 0 atom stereocenters. The molecule has 98 valence electrons. The molecular weight excluding hydrogens is 238 g/mol. The Hall–Kier alpha value is -2.29. The van der Waals surface area contributed by atoms with Crippen LogP contribution in [-0.4, -0.2) is 41.1 Å². The van der Waals surface area contributed by atoms with Crippen LogP contribution in [0.3, 0.4) is 0 Å². The van der Waals surface area contributed by atoms with E-state index in [0.29, 0.717) is 19.6 Å². The topological polar surface area (TPSA) is 117 Å². The molecule has 1 rings (SSSR count). The average Bonchev–Trinajstić information content (AvgIpc) is 2.37. The Bertz CT molecular complexity index is 395. The van der Waals surface area contributed by atoms with E-state index in [-0.39, 0.29) is 5.96 Å². The van der Waals surface area contributed by atoms with Crippen molar-refractivity contribution < 1.29 is 5.03 Å². The molecule has 0 fully saturated rings. The van der Waals surface area contributed by atoms with Gasteiger partial charge in [0.15, 0.2) is 5.03 Å². The third kappa shape index (κ3) is 5.70. The van der Waals surface area contributed by atoms with E-state index in [1.165, 1.54) is 7.05 Å². The molecule has 0 aliphatic heterocycles. The normalized spacial score (nSPS) is 11.1. The zero-order chi connectivity index (χ0) is 13.2. The van der Waals surface area contributed by atoms with Gasteiger partial charge in [-0.2, -0.15) is 0 Å². The van der Waals surface area contributed by atoms with E-state index < -0.39 is 5.03 Å². The van der Waals surface area contributed by atoms with Crippen LogP contribution < -0.4 is 16.1 Å². The maximum Gasteiger partial charge on any atom is 0.254 e. The summed E-state index contributed by atoms with van der Waals surface area (Å²) in [4.78, 5) is 21.9. The van der Waals surface area contributed by atoms with E-state index in [1.807, 2.05) is 5.43 Å². The fraction of sp³-hybridized carbons (Fsp3) is 0.444. The number of nitrogens with one attached hydrogen (secondary N) is 3. The van der Waals surface area contributed by atoms with Gasteiger partial charge >= 0.3 is 0 Å². The standard InChI is InChI=1S/C9H15N7O2/c1-10-9(15-16(17)18)14-5-3-12-7-8-6-11-2-4-13-8/h2,4,6,12H,3,5,7H2,1H3,(H2,10,14,15). The number of hydrogen-bond donors (Lipinski definition) is 3. The zero-order valence-electron chi connectivity index (χ0n) is 9.96. The van der Waals surface area contributed by atoms with Crippen LogP contribution in [0.25, 0.3) is 0 Å². The molecule has 1 heterocycles. The van der Waals surface area contributed by atoms with Crippen molar-refractivity contribution in [3.63, 3.8) is 0 Å². The second kappa shape index (κ2) is 7.90. The summed E-state index contributed by atoms with van der Waals surface area (Å²) in [6, 6.07) is 0. The van der Waals surface area contributed by atoms with E-state index in [9.17, 15) is 10.1 Å². The van der Waals surface area contributed by atoms with Gasteiger partial charge in [0.1, 0.15) is 0 Å². The van der Waals surface area contributed by atoms with Crippen LogP contribution in [0, 0.1) is 10.1 Å². The third-order valence-electron chi connectivity index (χ3n) is 1.94. The number of nitrogens with zero attached hydrogens (tertiary/aromatic N) is 4. The Kier molecular flexibility index (Phi) is 6.04. The molecule has 0 saturated carbocycles. The summed E-state index contributed by atoms with van der Waals surface area (Å²) in [6.07, 6.45) is 4.91. The second-order valence-electron chi connectivity index (χ2n) is 3.24. The summed E-state index contributed by atoms with van der Waals surface area (Å²) in [7, 11) is 1.46. The monoisotopic (exact) mass is 253 g/mol. The van der Waals surface area contributed by atoms with E-state index in [1.54, 1.807) is 18.6 Å². The lowest BCUT2D eigenvalue weighted by Crippen LogP contribution is -2.43. The highest BCUT2D eigenvalue weighted by Crippen LogP contribution is 1.87. The van der Waals surface area contributed by atoms with Gasteiger partial charge in [-0.1, -0.05) is 5.43 Å². The highest BCUT2D eigenvalue weighted by Gasteiger charge is 2.02. The van der Waals surface area contributed by atoms with E-state index >= 15 is 0 Å². The molecule has 1 aromatic heterocycles. The Morgan fingerprint density at radius 2 is 2.33 bits per heavy atom. The van der Waals surface area contributed by atoms with Crippen LogP contribution >= 0.6 is 0 Å². The minimum Gasteiger partial charge on any atom is -0.351 e. The van der Waals surface area contributed by atoms with Gasteiger partial charge in [-0.05, 0) is 0 Å². The van der Waals surface area contributed by atoms with Gasteiger partial charge in [-0.3, -0.25) is 15.0 Å². The van der Waals surface area contributed by atoms with E-state index in [4.69, 9.17) is 0 Å². The fourth-order valence-electron chi connectivity index (χ4n) is 1.16. The van der Waals surface area contributed by atoms with Gasteiger partial charge in [0, 0.05) is 45.3 Å². The minimum atomic E-state index is -0.664. The number of rotatable bonds is 6. The van der Waals surface area contributed by atoms with Crippen molar-refractivity contribution in [1.29, 1.82) is 0 Å². The zero-order valence-corrected chi connectivity index (χ0v) is 9.96. The van der Waals surface area contributed by atoms with Gasteiger partial charge in [0.2, 0.25) is 0 Å². The lowest BCUT2D eigenvalue weighted by atomic mass is 10.4. The van der Waals surface area contributed by atoms with Crippen molar-refractivity contribution in [2.45, 2.75) is 6.54 Å². The molecule has 0 amide bonds. The largest absolute Gasteiger partial charge is 0.351 e. The Balaban J connectivity index is 2.13. The number of hydrogen-bond acceptors (Lipinski definition) is 6. The maximum atomic E-state index is 10.2. The molecule has 3 N–H and O–H groups in total. The smallest absolute Gasteiger partial charge is 0.254 e. The van der Waals surface area contributed by atoms with Crippen LogP contribution in [-0.2, 0) is 6.54 Å². The first-order chi connectivity index (χ1) is 8.72. The predicted octanol–water partition coefficient (Wildman–Crippen LogP) is -1.08. The Morgan fingerprint density at radius 3 is 2.94 bits per heavy atom. The summed E-state index contributed by atoms with van der Waals surface area (Å²) >= 11 is 0. The molecule has 9 heteroatoms. The van der Waals surface area contributed by atoms with Gasteiger partial charge in [0.05, 0.1) is 5.69 Å². The number of nitro groups is 1. The molecule has 0 saturated heterocycles. The lowest BCUT2D eigenvalue weighted by molar-refractivity contribution is -0.525. The molecule has 0 bridgehead atoms. The maximum absolute atomic E-state index is 10.2. The number of guanidine groups is 1. The summed E-state index contributed by atoms with van der Waals surface area (Å²) < 4.78 is 0. The van der Waals surface area contributed by atoms with Crippen LogP contribution in [0.1, 0.15) is 5.69 Å². The first-order valence-corrected chi connectivity index (χ1v) is 5.29. The summed E-state index contributed by atoms with van der Waals surface area (Å²) in [6.45, 7) is 1.72. The molecule has 0 aromatic carbocycles. The summed E-state index contributed by atoms with van der Waals surface area (Å²) in [5.74, 6) is 0.126. The van der Waals surface area contributed by atoms with Gasteiger partial charge in [-0.25, -0.2) is 10.1 Å².